The fourth-order valence-electron chi connectivity index (χ4n) is 6.14. The number of nitrogens with two attached hydrogens (primary N) is 1. The van der Waals surface area contributed by atoms with Crippen LogP contribution in [0.25, 0.3) is 0 Å². The Morgan fingerprint density at radius 3 is 1.66 bits per heavy atom. The van der Waals surface area contributed by atoms with E-state index in [1.165, 1.54) is 0 Å². The summed E-state index contributed by atoms with van der Waals surface area (Å²) >= 11 is 5.39. The minimum absolute atomic E-state index is 0.0467. The summed E-state index contributed by atoms with van der Waals surface area (Å²) in [5.74, 6) is -8.38. The number of esters is 1. The van der Waals surface area contributed by atoms with Gasteiger partial charge in [-0.2, -0.15) is 13.9 Å². The highest BCUT2D eigenvalue weighted by Crippen LogP contribution is 2.30. The molecule has 74 heavy (non-hydrogen) atoms. The number of aliphatic imine (C=N–C) groups is 1. The normalized spacial score (nSPS) is 18.1. The number of unbranched alkanes of at least 4 members (excludes halogenated alkanes) is 1. The monoisotopic (exact) mass is 1090 g/mol. The number of hydrazone groups is 1. The number of hydroxylamine groups is 2. The second-order valence-corrected chi connectivity index (χ2v) is 16.0. The summed E-state index contributed by atoms with van der Waals surface area (Å²) in [6.45, 7) is 5.47. The van der Waals surface area contributed by atoms with Gasteiger partial charge in [0, 0.05) is 18.4 Å². The van der Waals surface area contributed by atoms with Gasteiger partial charge < -0.3 is 83.9 Å². The van der Waals surface area contributed by atoms with Gasteiger partial charge in [-0.3, -0.25) is 20.2 Å². The molecule has 1 saturated heterocycles. The van der Waals surface area contributed by atoms with E-state index < -0.39 is 77.9 Å². The summed E-state index contributed by atoms with van der Waals surface area (Å²) in [5, 5.41) is 59.0. The number of aliphatic hydroxyl groups excluding tert-OH is 3. The summed E-state index contributed by atoms with van der Waals surface area (Å²) in [6, 6.07) is 6.59. The molecule has 0 saturated carbocycles. The average Bonchev–Trinajstić information content (AvgIpc) is 3.39. The molecule has 1 fully saturated rings. The van der Waals surface area contributed by atoms with E-state index in [4.69, 9.17) is 75.8 Å². The first kappa shape index (κ1) is 63.9. The molecule has 0 radical (unpaired) electrons. The molecule has 5 atom stereocenters. The summed E-state index contributed by atoms with van der Waals surface area (Å²) in [4.78, 5) is 16.0. The number of rotatable bonds is 40. The van der Waals surface area contributed by atoms with Gasteiger partial charge in [0.2, 0.25) is 41.1 Å². The van der Waals surface area contributed by atoms with Crippen LogP contribution >= 0.6 is 12.2 Å². The number of anilines is 1. The van der Waals surface area contributed by atoms with Gasteiger partial charge >= 0.3 is 5.97 Å². The number of carbonyl (C=O) groups excluding carboxylic acids is 1. The van der Waals surface area contributed by atoms with Gasteiger partial charge in [-0.15, -0.1) is 0 Å². The third-order valence-electron chi connectivity index (χ3n) is 10.0. The summed E-state index contributed by atoms with van der Waals surface area (Å²) in [6.07, 6.45) is -3.62. The van der Waals surface area contributed by atoms with E-state index in [2.05, 4.69) is 25.5 Å². The van der Waals surface area contributed by atoms with Crippen molar-refractivity contribution in [3.63, 3.8) is 0 Å². The van der Waals surface area contributed by atoms with Crippen molar-refractivity contribution in [3.8, 4) is 11.5 Å². The zero-order valence-electron chi connectivity index (χ0n) is 40.6. The maximum Gasteiger partial charge on any atom is 0.313 e. The number of ether oxygens (including phenoxy) is 11. The van der Waals surface area contributed by atoms with Crippen LogP contribution in [0.4, 0.5) is 27.6 Å². The third kappa shape index (κ3) is 25.9. The van der Waals surface area contributed by atoms with Crippen molar-refractivity contribution in [3.05, 3.63) is 53.4 Å². The van der Waals surface area contributed by atoms with Crippen molar-refractivity contribution >= 4 is 40.9 Å². The largest absolute Gasteiger partial charge is 0.462 e. The summed E-state index contributed by atoms with van der Waals surface area (Å²) < 4.78 is 125. The molecule has 2 aromatic rings. The fraction of sp³-hybridized carbons (Fsp3) is 0.644. The number of benzene rings is 2. The molecule has 3 unspecified atom stereocenters. The van der Waals surface area contributed by atoms with Crippen LogP contribution in [0.15, 0.2) is 34.4 Å². The molecule has 0 spiro atoms. The van der Waals surface area contributed by atoms with E-state index in [0.717, 1.165) is 12.8 Å². The number of nitrogens with zero attached hydrogens (tertiary/aromatic N) is 3. The number of thiocarbonyl (C=S) groups is 1. The van der Waals surface area contributed by atoms with Crippen LogP contribution in [0.3, 0.4) is 0 Å². The van der Waals surface area contributed by atoms with E-state index in [1.807, 2.05) is 0 Å². The number of carbonyl (C=O) groups is 1. The fourth-order valence-corrected chi connectivity index (χ4v) is 6.36. The van der Waals surface area contributed by atoms with Crippen molar-refractivity contribution in [2.75, 3.05) is 131 Å². The predicted molar refractivity (Wildman–Crippen MR) is 255 cm³/mol. The Morgan fingerprint density at radius 1 is 0.676 bits per heavy atom. The lowest BCUT2D eigenvalue weighted by molar-refractivity contribution is -0.317. The number of halogens is 5. The van der Waals surface area contributed by atoms with Crippen LogP contribution in [0.2, 0.25) is 0 Å². The van der Waals surface area contributed by atoms with Crippen molar-refractivity contribution in [1.29, 1.82) is 0 Å². The Morgan fingerprint density at radius 2 is 1.16 bits per heavy atom. The molecule has 29 heteroatoms. The smallest absolute Gasteiger partial charge is 0.313 e. The lowest BCUT2D eigenvalue weighted by Gasteiger charge is -2.40. The van der Waals surface area contributed by atoms with Gasteiger partial charge in [0.1, 0.15) is 24.1 Å². The molecule has 0 amide bonds. The van der Waals surface area contributed by atoms with Crippen LogP contribution in [0, 0.1) is 29.1 Å². The highest BCUT2D eigenvalue weighted by molar-refractivity contribution is 7.80. The van der Waals surface area contributed by atoms with Crippen LogP contribution in [-0.4, -0.2) is 210 Å². The third-order valence-corrected chi connectivity index (χ3v) is 10.2. The first-order valence-electron chi connectivity index (χ1n) is 23.5. The Hall–Kier alpha value is -4.41. The second-order valence-electron chi connectivity index (χ2n) is 15.6. The number of nitrogens with one attached hydrogen (secondary N) is 2. The Balaban J connectivity index is 1.03. The molecular weight excluding hydrogens is 1020 g/mol. The van der Waals surface area contributed by atoms with Crippen molar-refractivity contribution in [2.24, 2.45) is 15.9 Å². The van der Waals surface area contributed by atoms with Gasteiger partial charge in [-0.05, 0) is 62.2 Å². The number of aliphatic hydroxyl groups is 3. The molecular formula is C45H67F5N6O17S. The van der Waals surface area contributed by atoms with Gasteiger partial charge in [-0.25, -0.2) is 13.2 Å². The zero-order chi connectivity index (χ0) is 53.9. The molecule has 1 aliphatic heterocycles. The predicted octanol–water partition coefficient (Wildman–Crippen LogP) is 2.01. The van der Waals surface area contributed by atoms with E-state index in [-0.39, 0.29) is 51.2 Å². The van der Waals surface area contributed by atoms with Crippen LogP contribution < -0.4 is 25.9 Å². The van der Waals surface area contributed by atoms with Gasteiger partial charge in [-0.1, -0.05) is 5.23 Å². The maximum atomic E-state index is 13.6. The second kappa shape index (κ2) is 38.2. The summed E-state index contributed by atoms with van der Waals surface area (Å²) in [7, 11) is 0. The number of hydrogen-bond donors (Lipinski definition) is 8. The quantitative estimate of drug-likeness (QED) is 0.00452. The van der Waals surface area contributed by atoms with Gasteiger partial charge in [0.15, 0.2) is 5.11 Å². The molecule has 0 aromatic heterocycles. The van der Waals surface area contributed by atoms with E-state index in [9.17, 15) is 42.1 Å². The zero-order valence-corrected chi connectivity index (χ0v) is 41.4. The van der Waals surface area contributed by atoms with Gasteiger partial charge in [0.25, 0.3) is 0 Å². The lowest BCUT2D eigenvalue weighted by atomic mass is 9.97. The van der Waals surface area contributed by atoms with Crippen LogP contribution in [-0.2, 0) is 47.4 Å². The molecule has 3 rings (SSSR count). The van der Waals surface area contributed by atoms with Crippen molar-refractivity contribution in [2.45, 2.75) is 62.8 Å². The van der Waals surface area contributed by atoms with E-state index in [0.29, 0.717) is 114 Å². The maximum absolute atomic E-state index is 13.6. The molecule has 420 valence electrons. The standard InChI is InChI=1S/C45H67F5N6O17S/c46-35-36(47)38(49)43(39(50)37(35)48)73-34(57)9-13-63-15-17-65-19-21-67-23-25-69-27-28-70-26-24-68-22-20-66-18-16-64-14-11-52-29-31(55-51)3-1-2-10-53-45(74)54-30-4-6-32(7-5-30)71-44-42(60)41(59)40(58)33(72-44)8-12-56(61)62/h4-7,29,33,40-42,44,58-62H,1-3,8-28,51H2,(H2,53,54,74)/b52-29?,55-31-/t33?,40-,41?,42?,44+/m1/s1. The average molecular weight is 1090 g/mol. The van der Waals surface area contributed by atoms with E-state index in [1.54, 1.807) is 30.5 Å². The Kier molecular flexibility index (Phi) is 33.0. The van der Waals surface area contributed by atoms with Crippen LogP contribution in [0.1, 0.15) is 32.1 Å². The summed E-state index contributed by atoms with van der Waals surface area (Å²) in [5.41, 5.74) is 1.31. The van der Waals surface area contributed by atoms with Crippen molar-refractivity contribution in [1.82, 2.24) is 10.5 Å². The SMILES string of the molecule is N/N=C(\C=NCCOCCOCCOCCOCCOCCOCCOCCOCCC(=O)Oc1c(F)c(F)c(F)c(F)c1F)CCCCNC(=S)Nc1ccc(O[C@H]2OC(CCN(O)O)[C@@H](O)C(O)C2O)cc1. The molecule has 1 aliphatic rings. The molecule has 9 N–H and O–H groups in total. The minimum atomic E-state index is -2.36. The Labute approximate surface area is 429 Å². The highest BCUT2D eigenvalue weighted by atomic mass is 32.1. The number of hydrogen-bond acceptors (Lipinski definition) is 22. The lowest BCUT2D eigenvalue weighted by Crippen LogP contribution is -2.59. The van der Waals surface area contributed by atoms with Crippen LogP contribution in [0.5, 0.6) is 11.5 Å². The molecule has 1 heterocycles. The highest BCUT2D eigenvalue weighted by Gasteiger charge is 2.45. The molecule has 2 aromatic carbocycles. The van der Waals surface area contributed by atoms with E-state index >= 15 is 0 Å². The molecule has 0 aliphatic carbocycles. The Bertz CT molecular complexity index is 1930. The molecule has 0 bridgehead atoms. The first-order valence-corrected chi connectivity index (χ1v) is 23.9. The van der Waals surface area contributed by atoms with Crippen molar-refractivity contribution < 1.29 is 105 Å². The minimum Gasteiger partial charge on any atom is -0.462 e. The van der Waals surface area contributed by atoms with Gasteiger partial charge in [0.05, 0.1) is 137 Å². The molecule has 23 nitrogen and oxygen atoms in total. The topological polar surface area (TPSA) is 298 Å². The first-order chi connectivity index (χ1) is 35.7.